The van der Waals surface area contributed by atoms with Crippen LogP contribution in [-0.4, -0.2) is 29.4 Å². The van der Waals surface area contributed by atoms with Gasteiger partial charge in [-0.05, 0) is 6.07 Å². The lowest BCUT2D eigenvalue weighted by Gasteiger charge is -2.10. The Kier molecular flexibility index (Phi) is 3.36. The van der Waals surface area contributed by atoms with E-state index in [0.717, 1.165) is 17.8 Å². The summed E-state index contributed by atoms with van der Waals surface area (Å²) >= 11 is 0. The summed E-state index contributed by atoms with van der Waals surface area (Å²) in [5, 5.41) is 7.00. The highest BCUT2D eigenvalue weighted by molar-refractivity contribution is 5.75. The van der Waals surface area contributed by atoms with Gasteiger partial charge in [0.2, 0.25) is 0 Å². The third-order valence-corrected chi connectivity index (χ3v) is 2.66. The molecule has 0 aliphatic heterocycles. The summed E-state index contributed by atoms with van der Waals surface area (Å²) in [4.78, 5) is 4.35. The molecule has 1 heterocycles. The van der Waals surface area contributed by atoms with Crippen LogP contribution in [0.25, 0.3) is 11.4 Å². The number of methoxy groups -OCH3 is 2. The molecule has 0 radical (unpaired) electrons. The third-order valence-electron chi connectivity index (χ3n) is 2.66. The molecule has 1 aromatic carbocycles. The van der Waals surface area contributed by atoms with Crippen LogP contribution in [0.15, 0.2) is 12.1 Å². The van der Waals surface area contributed by atoms with Gasteiger partial charge in [-0.25, -0.2) is 4.98 Å². The van der Waals surface area contributed by atoms with Gasteiger partial charge in [-0.15, -0.1) is 0 Å². The number of nitrogens with two attached hydrogens (primary N) is 1. The van der Waals surface area contributed by atoms with Gasteiger partial charge < -0.3 is 15.2 Å². The first-order valence-corrected chi connectivity index (χ1v) is 5.62. The van der Waals surface area contributed by atoms with Crippen molar-refractivity contribution in [3.8, 4) is 22.9 Å². The molecule has 0 unspecified atom stereocenters. The Hall–Kier alpha value is -2.24. The number of aromatic amines is 1. The zero-order valence-electron chi connectivity index (χ0n) is 10.7. The molecule has 0 amide bonds. The topological polar surface area (TPSA) is 86.1 Å². The first kappa shape index (κ1) is 12.2. The maximum atomic E-state index is 5.97. The van der Waals surface area contributed by atoms with E-state index in [9.17, 15) is 0 Å². The smallest absolute Gasteiger partial charge is 0.183 e. The molecule has 0 aliphatic rings. The molecule has 0 aliphatic carbocycles. The summed E-state index contributed by atoms with van der Waals surface area (Å²) in [6.45, 7) is 2.00. The Balaban J connectivity index is 2.50. The van der Waals surface area contributed by atoms with Crippen LogP contribution in [0, 0.1) is 0 Å². The monoisotopic (exact) mass is 248 g/mol. The number of aromatic nitrogens is 3. The van der Waals surface area contributed by atoms with Crippen LogP contribution in [0.4, 0.5) is 5.69 Å². The molecule has 96 valence electrons. The Morgan fingerprint density at radius 3 is 2.44 bits per heavy atom. The van der Waals surface area contributed by atoms with E-state index >= 15 is 0 Å². The minimum Gasteiger partial charge on any atom is -0.493 e. The van der Waals surface area contributed by atoms with Crippen molar-refractivity contribution in [2.75, 3.05) is 20.0 Å². The molecule has 6 nitrogen and oxygen atoms in total. The largest absolute Gasteiger partial charge is 0.493 e. The maximum absolute atomic E-state index is 5.97. The summed E-state index contributed by atoms with van der Waals surface area (Å²) in [5.74, 6) is 2.57. The lowest BCUT2D eigenvalue weighted by Crippen LogP contribution is -1.97. The number of hydrogen-bond donors (Lipinski definition) is 2. The standard InChI is InChI=1S/C12H16N4O2/c1-4-11-14-12(16-15-11)7-5-9(17-2)10(18-3)6-8(7)13/h5-6H,4,13H2,1-3H3,(H,14,15,16). The van der Waals surface area contributed by atoms with Gasteiger partial charge in [0.15, 0.2) is 17.3 Å². The summed E-state index contributed by atoms with van der Waals surface area (Å²) in [6, 6.07) is 3.48. The first-order valence-electron chi connectivity index (χ1n) is 5.62. The fourth-order valence-electron chi connectivity index (χ4n) is 1.66. The molecule has 18 heavy (non-hydrogen) atoms. The molecule has 0 fully saturated rings. The minimum atomic E-state index is 0.550. The van der Waals surface area contributed by atoms with E-state index in [2.05, 4.69) is 15.2 Å². The SMILES string of the molecule is CCc1nc(-c2cc(OC)c(OC)cc2N)n[nH]1. The highest BCUT2D eigenvalue weighted by Gasteiger charge is 2.14. The summed E-state index contributed by atoms with van der Waals surface area (Å²) in [5.41, 5.74) is 7.25. The van der Waals surface area contributed by atoms with Gasteiger partial charge in [-0.3, -0.25) is 5.10 Å². The van der Waals surface area contributed by atoms with Crippen LogP contribution in [0.1, 0.15) is 12.7 Å². The fraction of sp³-hybridized carbons (Fsp3) is 0.333. The Labute approximate surface area is 105 Å². The average Bonchev–Trinajstić information content (AvgIpc) is 2.86. The second-order valence-electron chi connectivity index (χ2n) is 3.75. The van der Waals surface area contributed by atoms with Gasteiger partial charge in [0.05, 0.1) is 14.2 Å². The lowest BCUT2D eigenvalue weighted by molar-refractivity contribution is 0.355. The van der Waals surface area contributed by atoms with Crippen LogP contribution in [-0.2, 0) is 6.42 Å². The highest BCUT2D eigenvalue weighted by Crippen LogP contribution is 2.35. The van der Waals surface area contributed by atoms with E-state index in [4.69, 9.17) is 15.2 Å². The molecule has 3 N–H and O–H groups in total. The van der Waals surface area contributed by atoms with Crippen LogP contribution >= 0.6 is 0 Å². The Morgan fingerprint density at radius 2 is 1.89 bits per heavy atom. The molecule has 6 heteroatoms. The minimum absolute atomic E-state index is 0.550. The number of aryl methyl sites for hydroxylation is 1. The van der Waals surface area contributed by atoms with Gasteiger partial charge in [0.1, 0.15) is 5.82 Å². The van der Waals surface area contributed by atoms with E-state index in [0.29, 0.717) is 23.0 Å². The molecule has 0 atom stereocenters. The van der Waals surface area contributed by atoms with Crippen LogP contribution in [0.3, 0.4) is 0 Å². The first-order chi connectivity index (χ1) is 8.69. The number of nitrogens with zero attached hydrogens (tertiary/aromatic N) is 2. The zero-order valence-corrected chi connectivity index (χ0v) is 10.7. The number of nitrogens with one attached hydrogen (secondary N) is 1. The highest BCUT2D eigenvalue weighted by atomic mass is 16.5. The van der Waals surface area contributed by atoms with Gasteiger partial charge in [0.25, 0.3) is 0 Å². The van der Waals surface area contributed by atoms with Crippen molar-refractivity contribution >= 4 is 5.69 Å². The van der Waals surface area contributed by atoms with E-state index in [1.165, 1.54) is 0 Å². The molecule has 2 aromatic rings. The third kappa shape index (κ3) is 2.09. The molecule has 0 spiro atoms. The van der Waals surface area contributed by atoms with E-state index in [-0.39, 0.29) is 0 Å². The summed E-state index contributed by atoms with van der Waals surface area (Å²) < 4.78 is 10.4. The van der Waals surface area contributed by atoms with Crippen molar-refractivity contribution in [3.05, 3.63) is 18.0 Å². The molecule has 0 saturated heterocycles. The Morgan fingerprint density at radius 1 is 1.22 bits per heavy atom. The second-order valence-corrected chi connectivity index (χ2v) is 3.75. The number of nitrogen functional groups attached to an aromatic ring is 1. The molecule has 1 aromatic heterocycles. The zero-order chi connectivity index (χ0) is 13.1. The average molecular weight is 248 g/mol. The molecule has 0 saturated carbocycles. The molecule has 0 bridgehead atoms. The lowest BCUT2D eigenvalue weighted by atomic mass is 10.1. The van der Waals surface area contributed by atoms with Gasteiger partial charge in [-0.2, -0.15) is 5.10 Å². The number of hydrogen-bond acceptors (Lipinski definition) is 5. The second kappa shape index (κ2) is 4.95. The van der Waals surface area contributed by atoms with Crippen molar-refractivity contribution in [3.63, 3.8) is 0 Å². The molecule has 2 rings (SSSR count). The van der Waals surface area contributed by atoms with Crippen molar-refractivity contribution in [1.82, 2.24) is 15.2 Å². The van der Waals surface area contributed by atoms with E-state index in [1.807, 2.05) is 6.92 Å². The van der Waals surface area contributed by atoms with Crippen molar-refractivity contribution in [1.29, 1.82) is 0 Å². The number of anilines is 1. The summed E-state index contributed by atoms with van der Waals surface area (Å²) in [6.07, 6.45) is 0.792. The normalized spacial score (nSPS) is 10.4. The van der Waals surface area contributed by atoms with Crippen molar-refractivity contribution in [2.45, 2.75) is 13.3 Å². The molecular formula is C12H16N4O2. The number of benzene rings is 1. The van der Waals surface area contributed by atoms with Gasteiger partial charge in [0, 0.05) is 23.7 Å². The predicted molar refractivity (Wildman–Crippen MR) is 68.7 cm³/mol. The number of ether oxygens (including phenoxy) is 2. The van der Waals surface area contributed by atoms with E-state index in [1.54, 1.807) is 26.4 Å². The van der Waals surface area contributed by atoms with Crippen LogP contribution in [0.2, 0.25) is 0 Å². The quantitative estimate of drug-likeness (QED) is 0.803. The van der Waals surface area contributed by atoms with E-state index < -0.39 is 0 Å². The van der Waals surface area contributed by atoms with Crippen molar-refractivity contribution in [2.24, 2.45) is 0 Å². The van der Waals surface area contributed by atoms with Crippen LogP contribution in [0.5, 0.6) is 11.5 Å². The van der Waals surface area contributed by atoms with Crippen molar-refractivity contribution < 1.29 is 9.47 Å². The van der Waals surface area contributed by atoms with Gasteiger partial charge >= 0.3 is 0 Å². The fourth-order valence-corrected chi connectivity index (χ4v) is 1.66. The number of rotatable bonds is 4. The Bertz CT molecular complexity index is 551. The van der Waals surface area contributed by atoms with Gasteiger partial charge in [-0.1, -0.05) is 6.92 Å². The summed E-state index contributed by atoms with van der Waals surface area (Å²) in [7, 11) is 3.15. The maximum Gasteiger partial charge on any atom is 0.183 e. The predicted octanol–water partition coefficient (Wildman–Crippen LogP) is 1.63. The number of H-pyrrole nitrogens is 1. The molecular weight excluding hydrogens is 232 g/mol. The van der Waals surface area contributed by atoms with Crippen LogP contribution < -0.4 is 15.2 Å².